The predicted molar refractivity (Wildman–Crippen MR) is 203 cm³/mol. The Labute approximate surface area is 321 Å². The van der Waals surface area contributed by atoms with Gasteiger partial charge in [-0.1, -0.05) is 50.6 Å². The number of cyclic esters (lactones) is 1. The molecule has 3 saturated heterocycles. The largest absolute Gasteiger partial charge is 0.456 e. The highest BCUT2D eigenvalue weighted by atomic mass is 16.7. The van der Waals surface area contributed by atoms with Crippen LogP contribution < -0.4 is 0 Å². The van der Waals surface area contributed by atoms with Crippen molar-refractivity contribution < 1.29 is 48.0 Å². The molecule has 11 nitrogen and oxygen atoms in total. The minimum Gasteiger partial charge on any atom is -0.456 e. The number of epoxide rings is 1. The Morgan fingerprint density at radius 3 is 2.43 bits per heavy atom. The third-order valence-electron chi connectivity index (χ3n) is 12.3. The summed E-state index contributed by atoms with van der Waals surface area (Å²) in [6, 6.07) is -1.03. The Balaban J connectivity index is 1.52. The van der Waals surface area contributed by atoms with E-state index in [1.54, 1.807) is 39.4 Å². The van der Waals surface area contributed by atoms with E-state index < -0.39 is 65.7 Å². The lowest BCUT2D eigenvalue weighted by Crippen LogP contribution is -2.64. The molecule has 4 fully saturated rings. The van der Waals surface area contributed by atoms with Gasteiger partial charge in [-0.2, -0.15) is 0 Å². The summed E-state index contributed by atoms with van der Waals surface area (Å²) in [6.45, 7) is 13.7. The van der Waals surface area contributed by atoms with Crippen molar-refractivity contribution in [2.45, 2.75) is 147 Å². The maximum atomic E-state index is 14.2. The highest BCUT2D eigenvalue weighted by molar-refractivity contribution is 6.39. The molecule has 0 aromatic rings. The number of ether oxygens (including phenoxy) is 5. The molecule has 5 aliphatic rings. The average Bonchev–Trinajstić information content (AvgIpc) is 3.93. The number of fused-ring (bicyclic) bond motifs is 4. The lowest BCUT2D eigenvalue weighted by Gasteiger charge is -2.47. The fourth-order valence-corrected chi connectivity index (χ4v) is 9.16. The van der Waals surface area contributed by atoms with Gasteiger partial charge >= 0.3 is 5.97 Å². The molecule has 0 spiro atoms. The Morgan fingerprint density at radius 2 is 1.74 bits per heavy atom. The SMILES string of the molecule is C=CCC1C=C(C)CC(C)CC(OC)C2OC(O)(C(=O)C(=O)N3CCCCC3C(=O)OC(C(C)=CC3CCC4OC4C3)C(C)/C=C\C1=O)C(C)CC2OC. The quantitative estimate of drug-likeness (QED) is 0.152. The molecule has 0 radical (unpaired) electrons. The fourth-order valence-electron chi connectivity index (χ4n) is 9.16. The van der Waals surface area contributed by atoms with Crippen molar-refractivity contribution in [3.8, 4) is 0 Å². The highest BCUT2D eigenvalue weighted by Crippen LogP contribution is 2.41. The zero-order valence-electron chi connectivity index (χ0n) is 33.4. The maximum absolute atomic E-state index is 14.2. The third kappa shape index (κ3) is 9.70. The molecule has 5 rings (SSSR count). The van der Waals surface area contributed by atoms with Crippen LogP contribution in [0.5, 0.6) is 0 Å². The molecule has 0 aromatic heterocycles. The van der Waals surface area contributed by atoms with Gasteiger partial charge in [-0.3, -0.25) is 14.4 Å². The number of rotatable bonds is 6. The van der Waals surface area contributed by atoms with E-state index in [4.69, 9.17) is 23.7 Å². The van der Waals surface area contributed by atoms with E-state index in [-0.39, 0.29) is 42.6 Å². The molecule has 54 heavy (non-hydrogen) atoms. The number of Topliss-reactive ketones (excluding diaryl/α,β-unsaturated/α-hetero) is 1. The van der Waals surface area contributed by atoms with Crippen LogP contribution >= 0.6 is 0 Å². The first kappa shape index (κ1) is 42.2. The van der Waals surface area contributed by atoms with E-state index in [0.29, 0.717) is 44.6 Å². The van der Waals surface area contributed by atoms with Crippen molar-refractivity contribution in [1.29, 1.82) is 0 Å². The minimum absolute atomic E-state index is 0.0653. The van der Waals surface area contributed by atoms with Gasteiger partial charge in [-0.25, -0.2) is 4.79 Å². The summed E-state index contributed by atoms with van der Waals surface area (Å²) in [5, 5.41) is 12.0. The van der Waals surface area contributed by atoms with Gasteiger partial charge in [0.2, 0.25) is 5.79 Å². The number of methoxy groups -OCH3 is 2. The molecule has 4 aliphatic heterocycles. The molecule has 1 aliphatic carbocycles. The summed E-state index contributed by atoms with van der Waals surface area (Å²) in [7, 11) is 3.10. The number of esters is 1. The number of hydrogen-bond acceptors (Lipinski definition) is 10. The lowest BCUT2D eigenvalue weighted by molar-refractivity contribution is -0.302. The van der Waals surface area contributed by atoms with E-state index in [1.807, 2.05) is 26.8 Å². The summed E-state index contributed by atoms with van der Waals surface area (Å²) >= 11 is 0. The molecule has 300 valence electrons. The first-order valence-electron chi connectivity index (χ1n) is 20.1. The van der Waals surface area contributed by atoms with Crippen molar-refractivity contribution >= 4 is 23.4 Å². The van der Waals surface area contributed by atoms with Gasteiger partial charge in [0.15, 0.2) is 5.78 Å². The molecule has 1 amide bonds. The number of amides is 1. The van der Waals surface area contributed by atoms with Crippen LogP contribution in [0.4, 0.5) is 0 Å². The normalized spacial score (nSPS) is 41.1. The Morgan fingerprint density at radius 1 is 1.02 bits per heavy atom. The monoisotopic (exact) mass is 753 g/mol. The number of carbonyl (C=O) groups is 4. The Hall–Kier alpha value is -2.96. The second-order valence-corrected chi connectivity index (χ2v) is 16.7. The standard InChI is InChI=1S/C43H63NO10/c1-9-12-31-20-25(2)19-26(3)21-36(50-7)39-37(51-8)23-29(6)43(49,54-39)40(46)41(47)44-18-11-10-13-32(44)42(48)53-38(27(4)14-16-33(31)45)28(5)22-30-15-17-34-35(24-30)52-34/h9,14,16,20,22,26-27,29-32,34-39,49H,1,10-13,15,17-19,21,23-24H2,2-8H3/b16-14-,25-20?,28-22?. The van der Waals surface area contributed by atoms with Crippen LogP contribution in [0, 0.1) is 29.6 Å². The summed E-state index contributed by atoms with van der Waals surface area (Å²) in [5.41, 5.74) is 1.89. The zero-order chi connectivity index (χ0) is 39.3. The average molecular weight is 754 g/mol. The van der Waals surface area contributed by atoms with E-state index in [2.05, 4.69) is 19.6 Å². The highest BCUT2D eigenvalue weighted by Gasteiger charge is 2.56. The summed E-state index contributed by atoms with van der Waals surface area (Å²) in [5.74, 6) is -6.50. The molecular weight excluding hydrogens is 690 g/mol. The van der Waals surface area contributed by atoms with Gasteiger partial charge in [-0.15, -0.1) is 6.58 Å². The Kier molecular flexibility index (Phi) is 14.3. The van der Waals surface area contributed by atoms with Crippen LogP contribution in [-0.4, -0.2) is 103 Å². The van der Waals surface area contributed by atoms with E-state index in [0.717, 1.165) is 30.4 Å². The first-order valence-corrected chi connectivity index (χ1v) is 20.1. The predicted octanol–water partition coefficient (Wildman–Crippen LogP) is 5.84. The molecule has 1 N–H and O–H groups in total. The molecule has 1 saturated carbocycles. The van der Waals surface area contributed by atoms with Gasteiger partial charge < -0.3 is 33.7 Å². The zero-order valence-corrected chi connectivity index (χ0v) is 33.4. The number of nitrogens with zero attached hydrogens (tertiary/aromatic N) is 1. The van der Waals surface area contributed by atoms with Crippen molar-refractivity contribution in [3.63, 3.8) is 0 Å². The van der Waals surface area contributed by atoms with Crippen LogP contribution in [0.25, 0.3) is 0 Å². The number of piperidine rings is 1. The molecule has 2 bridgehead atoms. The topological polar surface area (TPSA) is 141 Å². The van der Waals surface area contributed by atoms with Gasteiger partial charge in [0.05, 0.1) is 24.4 Å². The van der Waals surface area contributed by atoms with E-state index in [9.17, 15) is 24.3 Å². The van der Waals surface area contributed by atoms with Crippen LogP contribution in [0.15, 0.2) is 48.1 Å². The Bertz CT molecular complexity index is 1490. The van der Waals surface area contributed by atoms with Gasteiger partial charge in [0.25, 0.3) is 11.7 Å². The molecule has 4 heterocycles. The number of allylic oxidation sites excluding steroid dienone is 5. The van der Waals surface area contributed by atoms with Crippen LogP contribution in [0.1, 0.15) is 98.8 Å². The fraction of sp³-hybridized carbons (Fsp3) is 0.721. The molecular formula is C43H63NO10. The lowest BCUT2D eigenvalue weighted by atomic mass is 9.82. The molecule has 11 heteroatoms. The minimum atomic E-state index is -2.46. The summed E-state index contributed by atoms with van der Waals surface area (Å²) < 4.78 is 30.1. The summed E-state index contributed by atoms with van der Waals surface area (Å²) in [6.07, 6.45) is 13.6. The van der Waals surface area contributed by atoms with Crippen molar-refractivity contribution in [2.24, 2.45) is 29.6 Å². The second kappa shape index (κ2) is 18.3. The smallest absolute Gasteiger partial charge is 0.329 e. The van der Waals surface area contributed by atoms with E-state index in [1.165, 1.54) is 4.90 Å². The van der Waals surface area contributed by atoms with Crippen molar-refractivity contribution in [1.82, 2.24) is 4.90 Å². The molecule has 0 aromatic carbocycles. The van der Waals surface area contributed by atoms with Crippen LogP contribution in [0.2, 0.25) is 0 Å². The number of hydrogen-bond donors (Lipinski definition) is 1. The second-order valence-electron chi connectivity index (χ2n) is 16.7. The van der Waals surface area contributed by atoms with Gasteiger partial charge in [0, 0.05) is 38.5 Å². The van der Waals surface area contributed by atoms with E-state index >= 15 is 0 Å². The third-order valence-corrected chi connectivity index (χ3v) is 12.3. The van der Waals surface area contributed by atoms with Crippen molar-refractivity contribution in [2.75, 3.05) is 20.8 Å². The van der Waals surface area contributed by atoms with Crippen LogP contribution in [0.3, 0.4) is 0 Å². The first-order chi connectivity index (χ1) is 25.7. The van der Waals surface area contributed by atoms with Gasteiger partial charge in [0.1, 0.15) is 18.2 Å². The maximum Gasteiger partial charge on any atom is 0.329 e. The van der Waals surface area contributed by atoms with Crippen molar-refractivity contribution in [3.05, 3.63) is 48.1 Å². The number of aliphatic hydroxyl groups is 1. The van der Waals surface area contributed by atoms with Crippen LogP contribution in [-0.2, 0) is 42.9 Å². The number of carbonyl (C=O) groups excluding carboxylic acids is 4. The molecule has 13 atom stereocenters. The molecule has 13 unspecified atom stereocenters. The van der Waals surface area contributed by atoms with Gasteiger partial charge in [-0.05, 0) is 102 Å². The number of ketones is 2. The summed E-state index contributed by atoms with van der Waals surface area (Å²) in [4.78, 5) is 57.5.